The summed E-state index contributed by atoms with van der Waals surface area (Å²) >= 11 is 0. The predicted octanol–water partition coefficient (Wildman–Crippen LogP) is 1.01. The van der Waals surface area contributed by atoms with E-state index in [1.807, 2.05) is 13.8 Å². The van der Waals surface area contributed by atoms with Crippen LogP contribution in [0.5, 0.6) is 0 Å². The van der Waals surface area contributed by atoms with Gasteiger partial charge in [-0.1, -0.05) is 13.8 Å². The molecule has 0 unspecified atom stereocenters. The Balaban J connectivity index is 3.17. The van der Waals surface area contributed by atoms with Crippen molar-refractivity contribution in [2.75, 3.05) is 13.7 Å². The summed E-state index contributed by atoms with van der Waals surface area (Å²) in [6.07, 6.45) is -0.483. The summed E-state index contributed by atoms with van der Waals surface area (Å²) in [6, 6.07) is 0. The molecule has 0 aliphatic carbocycles. The fraction of sp³-hybridized carbons (Fsp3) is 0.833. The zero-order valence-electron chi connectivity index (χ0n) is 6.05. The Bertz CT molecular complexity index is 91.1. The van der Waals surface area contributed by atoms with Crippen LogP contribution in [0.2, 0.25) is 0 Å². The van der Waals surface area contributed by atoms with E-state index in [1.54, 1.807) is 0 Å². The molecule has 0 saturated heterocycles. The van der Waals surface area contributed by atoms with Gasteiger partial charge >= 0.3 is 6.09 Å². The number of nitrogens with zero attached hydrogens (tertiary/aromatic N) is 1. The van der Waals surface area contributed by atoms with Crippen molar-refractivity contribution in [3.8, 4) is 0 Å². The maximum atomic E-state index is 10.3. The van der Waals surface area contributed by atoms with Crippen molar-refractivity contribution in [3.63, 3.8) is 0 Å². The van der Waals surface area contributed by atoms with Crippen molar-refractivity contribution in [1.82, 2.24) is 5.32 Å². The van der Waals surface area contributed by atoms with Crippen LogP contribution in [0.3, 0.4) is 0 Å². The van der Waals surface area contributed by atoms with E-state index in [4.69, 9.17) is 0 Å². The van der Waals surface area contributed by atoms with Crippen LogP contribution in [0.4, 0.5) is 4.79 Å². The van der Waals surface area contributed by atoms with Gasteiger partial charge < -0.3 is 4.74 Å². The Morgan fingerprint density at radius 2 is 2.22 bits per heavy atom. The number of rotatable bonds is 2. The number of amides is 1. The number of hydrogen-bond acceptors (Lipinski definition) is 2. The monoisotopic (exact) mass is 130 g/mol. The molecule has 0 aromatic rings. The lowest BCUT2D eigenvalue weighted by atomic mass is 10.2. The minimum absolute atomic E-state index is 0.385. The second-order valence-corrected chi connectivity index (χ2v) is 2.19. The molecule has 53 valence electrons. The van der Waals surface area contributed by atoms with Crippen LogP contribution in [0.15, 0.2) is 0 Å². The van der Waals surface area contributed by atoms with Crippen molar-refractivity contribution < 1.29 is 9.53 Å². The van der Waals surface area contributed by atoms with E-state index >= 15 is 0 Å². The molecule has 9 heavy (non-hydrogen) atoms. The van der Waals surface area contributed by atoms with Gasteiger partial charge in [0.25, 0.3) is 0 Å². The second-order valence-electron chi connectivity index (χ2n) is 2.19. The number of hydrogen-bond donors (Lipinski definition) is 0. The summed E-state index contributed by atoms with van der Waals surface area (Å²) in [7, 11) is 1.42. The van der Waals surface area contributed by atoms with Crippen LogP contribution >= 0.6 is 0 Å². The fourth-order valence-corrected chi connectivity index (χ4v) is 0.303. The number of carbonyl (C=O) groups excluding carboxylic acids is 1. The van der Waals surface area contributed by atoms with Gasteiger partial charge in [0.05, 0.1) is 6.61 Å². The van der Waals surface area contributed by atoms with Crippen molar-refractivity contribution in [3.05, 3.63) is 0 Å². The molecule has 1 radical (unpaired) electrons. The first kappa shape index (κ1) is 8.27. The van der Waals surface area contributed by atoms with Gasteiger partial charge in [0.2, 0.25) is 0 Å². The summed E-state index contributed by atoms with van der Waals surface area (Å²) in [5, 5.41) is 3.30. The predicted molar refractivity (Wildman–Crippen MR) is 34.2 cm³/mol. The van der Waals surface area contributed by atoms with Crippen LogP contribution in [0.1, 0.15) is 13.8 Å². The third-order valence-corrected chi connectivity index (χ3v) is 0.723. The molecule has 0 saturated carbocycles. The van der Waals surface area contributed by atoms with Gasteiger partial charge in [0.1, 0.15) is 0 Å². The largest absolute Gasteiger partial charge is 0.448 e. The highest BCUT2D eigenvalue weighted by atomic mass is 16.5. The third kappa shape index (κ3) is 5.14. The fourth-order valence-electron chi connectivity index (χ4n) is 0.303. The standard InChI is InChI=1S/C6H12NO2/c1-5(2)4-9-6(8)7-3/h5H,4H2,1-3H3. The highest BCUT2D eigenvalue weighted by molar-refractivity contribution is 5.66. The van der Waals surface area contributed by atoms with E-state index in [0.717, 1.165) is 0 Å². The summed E-state index contributed by atoms with van der Waals surface area (Å²) < 4.78 is 4.65. The first-order chi connectivity index (χ1) is 4.16. The zero-order valence-corrected chi connectivity index (χ0v) is 6.05. The maximum Gasteiger partial charge on any atom is 0.428 e. The van der Waals surface area contributed by atoms with Gasteiger partial charge in [-0.2, -0.15) is 0 Å². The van der Waals surface area contributed by atoms with E-state index < -0.39 is 6.09 Å². The van der Waals surface area contributed by atoms with Crippen molar-refractivity contribution in [2.24, 2.45) is 5.92 Å². The summed E-state index contributed by atoms with van der Waals surface area (Å²) in [6.45, 7) is 4.40. The lowest BCUT2D eigenvalue weighted by Gasteiger charge is -2.03. The molecule has 0 rings (SSSR count). The van der Waals surface area contributed by atoms with E-state index in [0.29, 0.717) is 12.5 Å². The molecule has 0 atom stereocenters. The topological polar surface area (TPSA) is 40.4 Å². The van der Waals surface area contributed by atoms with E-state index in [-0.39, 0.29) is 0 Å². The van der Waals surface area contributed by atoms with E-state index in [2.05, 4.69) is 10.1 Å². The zero-order chi connectivity index (χ0) is 7.28. The van der Waals surface area contributed by atoms with Crippen LogP contribution < -0.4 is 5.32 Å². The molecular formula is C6H12NO2. The average molecular weight is 130 g/mol. The molecule has 1 amide bonds. The molecule has 0 aromatic heterocycles. The van der Waals surface area contributed by atoms with Gasteiger partial charge in [-0.25, -0.2) is 10.1 Å². The molecule has 3 nitrogen and oxygen atoms in total. The summed E-state index contributed by atoms with van der Waals surface area (Å²) in [4.78, 5) is 10.3. The Kier molecular flexibility index (Phi) is 3.84. The van der Waals surface area contributed by atoms with Crippen molar-refractivity contribution in [1.29, 1.82) is 0 Å². The molecular weight excluding hydrogens is 118 g/mol. The molecule has 0 heterocycles. The quantitative estimate of drug-likeness (QED) is 0.559. The second kappa shape index (κ2) is 4.18. The lowest BCUT2D eigenvalue weighted by molar-refractivity contribution is 0.134. The first-order valence-electron chi connectivity index (χ1n) is 2.93. The first-order valence-corrected chi connectivity index (χ1v) is 2.93. The molecule has 3 heteroatoms. The molecule has 0 N–H and O–H groups in total. The Hall–Kier alpha value is -0.730. The van der Waals surface area contributed by atoms with Crippen molar-refractivity contribution in [2.45, 2.75) is 13.8 Å². The minimum Gasteiger partial charge on any atom is -0.448 e. The molecule has 0 aromatic carbocycles. The van der Waals surface area contributed by atoms with E-state index in [1.165, 1.54) is 7.05 Å². The normalized spacial score (nSPS) is 9.33. The number of carbonyl (C=O) groups is 1. The highest BCUT2D eigenvalue weighted by Gasteiger charge is 1.99. The van der Waals surface area contributed by atoms with Gasteiger partial charge in [0.15, 0.2) is 0 Å². The van der Waals surface area contributed by atoms with E-state index in [9.17, 15) is 4.79 Å². The van der Waals surface area contributed by atoms with Crippen LogP contribution in [0, 0.1) is 5.92 Å². The molecule has 0 aliphatic rings. The average Bonchev–Trinajstić information content (AvgIpc) is 1.83. The SMILES string of the molecule is C[N]C(=O)OCC(C)C. The molecule has 0 fully saturated rings. The van der Waals surface area contributed by atoms with Gasteiger partial charge in [-0.05, 0) is 5.92 Å². The van der Waals surface area contributed by atoms with Gasteiger partial charge in [-0.15, -0.1) is 0 Å². The Morgan fingerprint density at radius 3 is 2.56 bits per heavy atom. The molecule has 0 aliphatic heterocycles. The lowest BCUT2D eigenvalue weighted by Crippen LogP contribution is -2.15. The van der Waals surface area contributed by atoms with Crippen LogP contribution in [-0.2, 0) is 4.74 Å². The van der Waals surface area contributed by atoms with Crippen LogP contribution in [0.25, 0.3) is 0 Å². The minimum atomic E-state index is -0.483. The smallest absolute Gasteiger partial charge is 0.428 e. The maximum absolute atomic E-state index is 10.3. The van der Waals surface area contributed by atoms with Gasteiger partial charge in [0, 0.05) is 7.05 Å². The summed E-state index contributed by atoms with van der Waals surface area (Å²) in [5.74, 6) is 0.385. The molecule has 0 bridgehead atoms. The Morgan fingerprint density at radius 1 is 1.67 bits per heavy atom. The Labute approximate surface area is 55.4 Å². The number of ether oxygens (including phenoxy) is 1. The third-order valence-electron chi connectivity index (χ3n) is 0.723. The van der Waals surface area contributed by atoms with Crippen LogP contribution in [-0.4, -0.2) is 19.7 Å². The summed E-state index contributed by atoms with van der Waals surface area (Å²) in [5.41, 5.74) is 0. The van der Waals surface area contributed by atoms with Crippen molar-refractivity contribution >= 4 is 6.09 Å². The van der Waals surface area contributed by atoms with Gasteiger partial charge in [-0.3, -0.25) is 0 Å². The molecule has 0 spiro atoms. The highest BCUT2D eigenvalue weighted by Crippen LogP contribution is 1.91.